The third-order valence-electron chi connectivity index (χ3n) is 7.24. The average molecular weight is 488 g/mol. The summed E-state index contributed by atoms with van der Waals surface area (Å²) in [5.41, 5.74) is 3.41. The minimum Gasteiger partial charge on any atom is -0.395 e. The maximum atomic E-state index is 13.9. The molecule has 9 heteroatoms. The highest BCUT2D eigenvalue weighted by Gasteiger charge is 2.28. The first-order valence-electron chi connectivity index (χ1n) is 12.6. The number of imidazole rings is 1. The molecule has 2 aliphatic rings. The summed E-state index contributed by atoms with van der Waals surface area (Å²) in [5.74, 6) is 1.58. The van der Waals surface area contributed by atoms with Crippen molar-refractivity contribution < 1.29 is 9.50 Å². The predicted molar refractivity (Wildman–Crippen MR) is 138 cm³/mol. The van der Waals surface area contributed by atoms with Gasteiger partial charge in [-0.05, 0) is 54.8 Å². The van der Waals surface area contributed by atoms with Crippen LogP contribution in [0.4, 0.5) is 16.0 Å². The van der Waals surface area contributed by atoms with Crippen LogP contribution in [0.3, 0.4) is 0 Å². The van der Waals surface area contributed by atoms with Gasteiger partial charge in [0, 0.05) is 39.3 Å². The van der Waals surface area contributed by atoms with E-state index >= 15 is 0 Å². The molecule has 6 rings (SSSR count). The lowest BCUT2D eigenvalue weighted by molar-refractivity contribution is 0.188. The van der Waals surface area contributed by atoms with E-state index in [1.54, 1.807) is 12.1 Å². The van der Waals surface area contributed by atoms with Crippen molar-refractivity contribution in [2.45, 2.75) is 18.9 Å². The third-order valence-corrected chi connectivity index (χ3v) is 7.24. The van der Waals surface area contributed by atoms with Crippen LogP contribution in [0.25, 0.3) is 17.0 Å². The number of aliphatic hydroxyl groups is 1. The molecule has 0 bridgehead atoms. The van der Waals surface area contributed by atoms with Gasteiger partial charge in [0.25, 0.3) is 0 Å². The van der Waals surface area contributed by atoms with Gasteiger partial charge in [-0.15, -0.1) is 5.10 Å². The Bertz CT molecular complexity index is 1350. The number of rotatable bonds is 6. The molecule has 0 amide bonds. The minimum absolute atomic E-state index is 0.101. The van der Waals surface area contributed by atoms with Crippen LogP contribution in [0.15, 0.2) is 60.8 Å². The van der Waals surface area contributed by atoms with Gasteiger partial charge in [-0.2, -0.15) is 0 Å². The molecule has 1 atom stereocenters. The second kappa shape index (κ2) is 9.83. The second-order valence-corrected chi connectivity index (χ2v) is 9.44. The fourth-order valence-corrected chi connectivity index (χ4v) is 5.38. The maximum Gasteiger partial charge on any atom is 0.154 e. The molecule has 4 aromatic rings. The molecule has 2 fully saturated rings. The Labute approximate surface area is 209 Å². The monoisotopic (exact) mass is 487 g/mol. The Kier molecular flexibility index (Phi) is 6.25. The molecule has 0 aliphatic carbocycles. The molecule has 1 aromatic carbocycles. The van der Waals surface area contributed by atoms with Gasteiger partial charge in [-0.1, -0.05) is 18.2 Å². The molecule has 0 unspecified atom stereocenters. The van der Waals surface area contributed by atoms with Crippen LogP contribution in [-0.4, -0.2) is 75.5 Å². The van der Waals surface area contributed by atoms with Gasteiger partial charge < -0.3 is 14.9 Å². The van der Waals surface area contributed by atoms with E-state index in [0.717, 1.165) is 79.8 Å². The molecule has 5 heterocycles. The number of pyridine rings is 1. The van der Waals surface area contributed by atoms with Crippen LogP contribution in [0.5, 0.6) is 0 Å². The number of hydrogen-bond acceptors (Lipinski definition) is 7. The van der Waals surface area contributed by atoms with E-state index in [9.17, 15) is 9.50 Å². The Morgan fingerprint density at radius 3 is 2.64 bits per heavy atom. The Morgan fingerprint density at radius 2 is 1.81 bits per heavy atom. The fraction of sp³-hybridized carbons (Fsp3) is 0.370. The number of nitrogens with zero attached hydrogens (tertiary/aromatic N) is 7. The van der Waals surface area contributed by atoms with Crippen molar-refractivity contribution in [3.05, 3.63) is 72.2 Å². The normalized spacial score (nSPS) is 18.9. The molecule has 2 saturated heterocycles. The summed E-state index contributed by atoms with van der Waals surface area (Å²) in [6.07, 6.45) is 3.83. The number of aliphatic hydroxyl groups excluding tert-OH is 1. The first-order valence-corrected chi connectivity index (χ1v) is 12.6. The Balaban J connectivity index is 1.29. The number of hydrogen-bond donors (Lipinski definition) is 1. The average Bonchev–Trinajstić information content (AvgIpc) is 3.57. The van der Waals surface area contributed by atoms with Crippen molar-refractivity contribution in [3.63, 3.8) is 0 Å². The highest BCUT2D eigenvalue weighted by molar-refractivity contribution is 5.62. The first kappa shape index (κ1) is 22.9. The van der Waals surface area contributed by atoms with Crippen molar-refractivity contribution in [1.82, 2.24) is 24.5 Å². The number of benzene rings is 1. The second-order valence-electron chi connectivity index (χ2n) is 9.44. The summed E-state index contributed by atoms with van der Waals surface area (Å²) < 4.78 is 15.8. The highest BCUT2D eigenvalue weighted by Crippen LogP contribution is 2.35. The molecular formula is C27H30FN7O. The van der Waals surface area contributed by atoms with Gasteiger partial charge in [0.2, 0.25) is 0 Å². The van der Waals surface area contributed by atoms with Crippen molar-refractivity contribution in [1.29, 1.82) is 0 Å². The van der Waals surface area contributed by atoms with E-state index in [1.165, 1.54) is 6.07 Å². The number of halogens is 1. The van der Waals surface area contributed by atoms with Crippen LogP contribution in [0.2, 0.25) is 0 Å². The molecule has 0 saturated carbocycles. The van der Waals surface area contributed by atoms with Gasteiger partial charge in [0.15, 0.2) is 5.65 Å². The topological polar surface area (TPSA) is 73.0 Å². The zero-order chi connectivity index (χ0) is 24.5. The van der Waals surface area contributed by atoms with E-state index in [2.05, 4.69) is 19.7 Å². The first-order chi connectivity index (χ1) is 17.7. The van der Waals surface area contributed by atoms with Crippen LogP contribution in [-0.2, 0) is 0 Å². The number of β-amino-alcohol motifs (C(OH)–C–C–N with tert-alkyl or cyclic N) is 1. The van der Waals surface area contributed by atoms with Crippen molar-refractivity contribution in [3.8, 4) is 11.4 Å². The molecule has 8 nitrogen and oxygen atoms in total. The molecular weight excluding hydrogens is 457 g/mol. The summed E-state index contributed by atoms with van der Waals surface area (Å²) in [6, 6.07) is 17.0. The molecule has 0 spiro atoms. The predicted octanol–water partition coefficient (Wildman–Crippen LogP) is 3.39. The standard InChI is InChI=1S/C27H30FN7O/c28-21-5-1-4-20(18-21)23-7-3-11-34(23)27-10-9-25-29-19-24(35(25)31-27)22-6-2-8-26(30-22)33-14-12-32(13-15-33)16-17-36/h1-2,4-6,8-10,18-19,23,36H,3,7,11-17H2/t23-/m1/s1. The van der Waals surface area contributed by atoms with Crippen LogP contribution in [0.1, 0.15) is 24.4 Å². The Morgan fingerprint density at radius 1 is 0.944 bits per heavy atom. The van der Waals surface area contributed by atoms with Crippen LogP contribution in [0, 0.1) is 5.82 Å². The van der Waals surface area contributed by atoms with Gasteiger partial charge >= 0.3 is 0 Å². The maximum absolute atomic E-state index is 13.9. The zero-order valence-corrected chi connectivity index (χ0v) is 20.2. The van der Waals surface area contributed by atoms with Gasteiger partial charge in [-0.3, -0.25) is 4.90 Å². The lowest BCUT2D eigenvalue weighted by Crippen LogP contribution is -2.47. The van der Waals surface area contributed by atoms with Crippen LogP contribution < -0.4 is 9.80 Å². The summed E-state index contributed by atoms with van der Waals surface area (Å²) >= 11 is 0. The lowest BCUT2D eigenvalue weighted by Gasteiger charge is -2.35. The fourth-order valence-electron chi connectivity index (χ4n) is 5.38. The van der Waals surface area contributed by atoms with Crippen molar-refractivity contribution >= 4 is 17.3 Å². The Hall–Kier alpha value is -3.56. The van der Waals surface area contributed by atoms with Gasteiger partial charge in [0.05, 0.1) is 24.5 Å². The smallest absolute Gasteiger partial charge is 0.154 e. The molecule has 2 aliphatic heterocycles. The third kappa shape index (κ3) is 4.40. The van der Waals surface area contributed by atoms with E-state index < -0.39 is 0 Å². The number of aromatic nitrogens is 4. The summed E-state index contributed by atoms with van der Waals surface area (Å²) in [5, 5.41) is 14.2. The molecule has 0 radical (unpaired) electrons. The summed E-state index contributed by atoms with van der Waals surface area (Å²) in [7, 11) is 0. The SMILES string of the molecule is OCCN1CCN(c2cccc(-c3cnc4ccc(N5CCC[C@@H]5c5cccc(F)c5)nn34)n2)CC1. The largest absolute Gasteiger partial charge is 0.395 e. The van der Waals surface area contributed by atoms with Crippen molar-refractivity contribution in [2.75, 3.05) is 55.7 Å². The van der Waals surface area contributed by atoms with E-state index in [4.69, 9.17) is 10.1 Å². The number of piperazine rings is 1. The summed E-state index contributed by atoms with van der Waals surface area (Å²) in [4.78, 5) is 16.3. The van der Waals surface area contributed by atoms with E-state index in [-0.39, 0.29) is 18.5 Å². The molecule has 3 aromatic heterocycles. The zero-order valence-electron chi connectivity index (χ0n) is 20.2. The quantitative estimate of drug-likeness (QED) is 0.447. The van der Waals surface area contributed by atoms with E-state index in [0.29, 0.717) is 6.54 Å². The van der Waals surface area contributed by atoms with Crippen LogP contribution >= 0.6 is 0 Å². The lowest BCUT2D eigenvalue weighted by atomic mass is 10.0. The van der Waals surface area contributed by atoms with Crippen molar-refractivity contribution in [2.24, 2.45) is 0 Å². The van der Waals surface area contributed by atoms with Gasteiger partial charge in [0.1, 0.15) is 23.1 Å². The number of fused-ring (bicyclic) bond motifs is 1. The van der Waals surface area contributed by atoms with Gasteiger partial charge in [-0.25, -0.2) is 18.9 Å². The highest BCUT2D eigenvalue weighted by atomic mass is 19.1. The minimum atomic E-state index is -0.208. The summed E-state index contributed by atoms with van der Waals surface area (Å²) in [6.45, 7) is 5.36. The molecule has 36 heavy (non-hydrogen) atoms. The van der Waals surface area contributed by atoms with E-state index in [1.807, 2.05) is 47.1 Å². The number of anilines is 2. The molecule has 1 N–H and O–H groups in total. The molecule has 186 valence electrons.